The van der Waals surface area contributed by atoms with E-state index >= 15 is 0 Å². The van der Waals surface area contributed by atoms with Gasteiger partial charge in [0.1, 0.15) is 12.4 Å². The number of hydrogen-bond donors (Lipinski definition) is 1. The maximum Gasteiger partial charge on any atom is 0.143 e. The van der Waals surface area contributed by atoms with Crippen LogP contribution in [0.15, 0.2) is 66.7 Å². The van der Waals surface area contributed by atoms with Gasteiger partial charge in [-0.3, -0.25) is 4.90 Å². The van der Waals surface area contributed by atoms with E-state index < -0.39 is 0 Å². The van der Waals surface area contributed by atoms with E-state index in [1.54, 1.807) is 0 Å². The fraction of sp³-hybridized carbons (Fsp3) is 0.308. The monoisotopic (exact) mass is 433 g/mol. The first kappa shape index (κ1) is 20.2. The zero-order chi connectivity index (χ0) is 21.2. The summed E-state index contributed by atoms with van der Waals surface area (Å²) >= 11 is 6.41. The minimum absolute atomic E-state index is 0.485. The van der Waals surface area contributed by atoms with E-state index in [1.807, 2.05) is 24.3 Å². The van der Waals surface area contributed by atoms with Gasteiger partial charge >= 0.3 is 0 Å². The number of hydrogen-bond acceptors (Lipinski definition) is 4. The van der Waals surface area contributed by atoms with Crippen LogP contribution in [0.5, 0.6) is 5.75 Å². The Morgan fingerprint density at radius 1 is 1.00 bits per heavy atom. The maximum atomic E-state index is 6.41. The molecule has 0 bridgehead atoms. The van der Waals surface area contributed by atoms with E-state index in [4.69, 9.17) is 22.1 Å². The van der Waals surface area contributed by atoms with Gasteiger partial charge in [-0.15, -0.1) is 0 Å². The van der Waals surface area contributed by atoms with Crippen molar-refractivity contribution in [3.63, 3.8) is 0 Å². The Balaban J connectivity index is 1.40. The molecule has 0 spiro atoms. The van der Waals surface area contributed by atoms with Crippen molar-refractivity contribution in [2.45, 2.75) is 31.9 Å². The quantitative estimate of drug-likeness (QED) is 0.527. The third-order valence-corrected chi connectivity index (χ3v) is 6.64. The van der Waals surface area contributed by atoms with E-state index in [1.165, 1.54) is 24.0 Å². The lowest BCUT2D eigenvalue weighted by molar-refractivity contribution is 0.261. The molecule has 2 N–H and O–H groups in total. The first-order valence-electron chi connectivity index (χ1n) is 11.0. The summed E-state index contributed by atoms with van der Waals surface area (Å²) in [5, 5.41) is 0.757. The average Bonchev–Trinajstić information content (AvgIpc) is 3.16. The van der Waals surface area contributed by atoms with Gasteiger partial charge in [-0.1, -0.05) is 41.9 Å². The van der Waals surface area contributed by atoms with Crippen molar-refractivity contribution in [1.82, 2.24) is 4.90 Å². The summed E-state index contributed by atoms with van der Waals surface area (Å²) < 4.78 is 6.14. The van der Waals surface area contributed by atoms with E-state index in [-0.39, 0.29) is 0 Å². The van der Waals surface area contributed by atoms with Crippen LogP contribution < -0.4 is 15.4 Å². The molecular formula is C26H28ClN3O. The van der Waals surface area contributed by atoms with Crippen LogP contribution in [0.4, 0.5) is 17.1 Å². The Labute approximate surface area is 189 Å². The van der Waals surface area contributed by atoms with Gasteiger partial charge in [-0.05, 0) is 67.8 Å². The van der Waals surface area contributed by atoms with Crippen LogP contribution >= 0.6 is 11.6 Å². The van der Waals surface area contributed by atoms with Gasteiger partial charge in [0.2, 0.25) is 0 Å². The van der Waals surface area contributed by atoms with E-state index in [0.29, 0.717) is 12.6 Å². The number of nitrogen functional groups attached to an aromatic ring is 1. The molecule has 5 rings (SSSR count). The Morgan fingerprint density at radius 3 is 2.81 bits per heavy atom. The van der Waals surface area contributed by atoms with Gasteiger partial charge in [0.15, 0.2) is 0 Å². The van der Waals surface area contributed by atoms with Crippen LogP contribution in [0.1, 0.15) is 24.0 Å². The summed E-state index contributed by atoms with van der Waals surface area (Å²) in [6.45, 7) is 3.67. The highest BCUT2D eigenvalue weighted by Crippen LogP contribution is 2.41. The fourth-order valence-electron chi connectivity index (χ4n) is 4.82. The number of fused-ring (bicyclic) bond motifs is 2. The van der Waals surface area contributed by atoms with Crippen molar-refractivity contribution in [3.05, 3.63) is 82.9 Å². The number of halogens is 1. The van der Waals surface area contributed by atoms with E-state index in [0.717, 1.165) is 53.9 Å². The van der Waals surface area contributed by atoms with Crippen molar-refractivity contribution in [1.29, 1.82) is 0 Å². The number of para-hydroxylation sites is 2. The molecule has 1 unspecified atom stereocenters. The fourth-order valence-corrected chi connectivity index (χ4v) is 4.99. The second kappa shape index (κ2) is 8.81. The predicted molar refractivity (Wildman–Crippen MR) is 128 cm³/mol. The van der Waals surface area contributed by atoms with Crippen LogP contribution in [-0.4, -0.2) is 30.6 Å². The van der Waals surface area contributed by atoms with Crippen LogP contribution in [0.3, 0.4) is 0 Å². The van der Waals surface area contributed by atoms with Gasteiger partial charge < -0.3 is 15.4 Å². The van der Waals surface area contributed by atoms with Crippen molar-refractivity contribution in [2.24, 2.45) is 0 Å². The lowest BCUT2D eigenvalue weighted by atomic mass is 10.1. The number of likely N-dealkylation sites (tertiary alicyclic amines) is 1. The zero-order valence-electron chi connectivity index (χ0n) is 17.6. The van der Waals surface area contributed by atoms with Crippen LogP contribution in [-0.2, 0) is 13.0 Å². The summed E-state index contributed by atoms with van der Waals surface area (Å²) in [4.78, 5) is 5.04. The van der Waals surface area contributed by atoms with Gasteiger partial charge in [-0.2, -0.15) is 0 Å². The summed E-state index contributed by atoms with van der Waals surface area (Å²) in [7, 11) is 0. The molecule has 2 aliphatic rings. The second-order valence-corrected chi connectivity index (χ2v) is 8.90. The Morgan fingerprint density at radius 2 is 1.90 bits per heavy atom. The summed E-state index contributed by atoms with van der Waals surface area (Å²) in [5.41, 5.74) is 11.5. The molecule has 0 radical (unpaired) electrons. The molecule has 4 nitrogen and oxygen atoms in total. The molecule has 2 heterocycles. The molecule has 1 saturated heterocycles. The normalized spacial score (nSPS) is 18.2. The molecule has 3 aromatic rings. The highest BCUT2D eigenvalue weighted by atomic mass is 35.5. The molecule has 0 aliphatic carbocycles. The summed E-state index contributed by atoms with van der Waals surface area (Å²) in [6.07, 6.45) is 3.45. The lowest BCUT2D eigenvalue weighted by Crippen LogP contribution is -2.39. The van der Waals surface area contributed by atoms with Crippen LogP contribution in [0.25, 0.3) is 0 Å². The molecule has 0 amide bonds. The largest absolute Gasteiger partial charge is 0.487 e. The molecule has 0 aromatic heterocycles. The molecule has 1 fully saturated rings. The second-order valence-electron chi connectivity index (χ2n) is 8.47. The number of benzene rings is 3. The predicted octanol–water partition coefficient (Wildman–Crippen LogP) is 5.66. The Bertz CT molecular complexity index is 1070. The van der Waals surface area contributed by atoms with E-state index in [9.17, 15) is 0 Å². The van der Waals surface area contributed by atoms with Crippen molar-refractivity contribution >= 4 is 28.7 Å². The molecular weight excluding hydrogens is 406 g/mol. The van der Waals surface area contributed by atoms with Gasteiger partial charge in [-0.25, -0.2) is 0 Å². The summed E-state index contributed by atoms with van der Waals surface area (Å²) in [5.74, 6) is 0.930. The highest BCUT2D eigenvalue weighted by Gasteiger charge is 2.30. The number of anilines is 3. The maximum absolute atomic E-state index is 6.41. The standard InChI is InChI=1S/C26H28ClN3O/c27-21-11-10-20-18-31-26-9-2-1-8-24(26)30(25(20)16-21)17-23-7-4-13-29(23)14-12-19-5-3-6-22(28)15-19/h1-3,5-6,8-11,15-16,23H,4,7,12-14,17-18,28H2. The number of nitrogens with two attached hydrogens (primary N) is 1. The lowest BCUT2D eigenvalue weighted by Gasteiger charge is -2.33. The smallest absolute Gasteiger partial charge is 0.143 e. The third kappa shape index (κ3) is 4.36. The molecule has 31 heavy (non-hydrogen) atoms. The van der Waals surface area contributed by atoms with Crippen molar-refractivity contribution in [3.8, 4) is 5.75 Å². The number of rotatable bonds is 5. The van der Waals surface area contributed by atoms with Gasteiger partial charge in [0.25, 0.3) is 0 Å². The number of nitrogens with zero attached hydrogens (tertiary/aromatic N) is 2. The summed E-state index contributed by atoms with van der Waals surface area (Å²) in [6, 6.07) is 23.2. The number of ether oxygens (including phenoxy) is 1. The topological polar surface area (TPSA) is 41.7 Å². The Kier molecular flexibility index (Phi) is 5.75. The Hall–Kier alpha value is -2.69. The van der Waals surface area contributed by atoms with Crippen molar-refractivity contribution in [2.75, 3.05) is 30.3 Å². The molecule has 3 aromatic carbocycles. The minimum atomic E-state index is 0.485. The van der Waals surface area contributed by atoms with Gasteiger partial charge in [0, 0.05) is 41.1 Å². The minimum Gasteiger partial charge on any atom is -0.487 e. The average molecular weight is 434 g/mol. The first-order valence-corrected chi connectivity index (χ1v) is 11.4. The van der Waals surface area contributed by atoms with Gasteiger partial charge in [0.05, 0.1) is 5.69 Å². The first-order chi connectivity index (χ1) is 15.2. The third-order valence-electron chi connectivity index (χ3n) is 6.41. The zero-order valence-corrected chi connectivity index (χ0v) is 18.4. The van der Waals surface area contributed by atoms with Crippen molar-refractivity contribution < 1.29 is 4.74 Å². The van der Waals surface area contributed by atoms with E-state index in [2.05, 4.69) is 52.3 Å². The molecule has 160 valence electrons. The molecule has 5 heteroatoms. The van der Waals surface area contributed by atoms with Crippen LogP contribution in [0.2, 0.25) is 5.02 Å². The molecule has 2 aliphatic heterocycles. The molecule has 1 atom stereocenters. The SMILES string of the molecule is Nc1cccc(CCN2CCCC2CN2c3cc(Cl)ccc3COc3ccccc32)c1. The van der Waals surface area contributed by atoms with Crippen LogP contribution in [0, 0.1) is 0 Å². The molecule has 0 saturated carbocycles. The highest BCUT2D eigenvalue weighted by molar-refractivity contribution is 6.30.